The Balaban J connectivity index is 1.35. The van der Waals surface area contributed by atoms with Gasteiger partial charge in [-0.2, -0.15) is 5.10 Å². The minimum Gasteiger partial charge on any atom is -0.460 e. The molecule has 0 radical (unpaired) electrons. The number of esters is 1. The highest BCUT2D eigenvalue weighted by molar-refractivity contribution is 8.00. The van der Waals surface area contributed by atoms with Gasteiger partial charge in [-0.15, -0.1) is 11.8 Å². The Morgan fingerprint density at radius 3 is 2.39 bits per heavy atom. The molecule has 0 spiro atoms. The Labute approximate surface area is 233 Å². The van der Waals surface area contributed by atoms with E-state index < -0.39 is 5.60 Å². The van der Waals surface area contributed by atoms with Gasteiger partial charge in [0, 0.05) is 28.1 Å². The van der Waals surface area contributed by atoms with Crippen molar-refractivity contribution in [1.82, 2.24) is 14.3 Å². The zero-order valence-corrected chi connectivity index (χ0v) is 23.9. The molecule has 1 fully saturated rings. The van der Waals surface area contributed by atoms with E-state index in [1.54, 1.807) is 16.4 Å². The van der Waals surface area contributed by atoms with Crippen LogP contribution in [0.5, 0.6) is 0 Å². The fourth-order valence-electron chi connectivity index (χ4n) is 5.60. The Morgan fingerprint density at radius 2 is 1.71 bits per heavy atom. The van der Waals surface area contributed by atoms with Gasteiger partial charge in [0.2, 0.25) is 0 Å². The van der Waals surface area contributed by atoms with Crippen molar-refractivity contribution in [2.45, 2.75) is 88.1 Å². The summed E-state index contributed by atoms with van der Waals surface area (Å²) >= 11 is 7.77. The van der Waals surface area contributed by atoms with Crippen molar-refractivity contribution >= 4 is 29.3 Å². The van der Waals surface area contributed by atoms with Gasteiger partial charge < -0.3 is 4.74 Å². The predicted molar refractivity (Wildman–Crippen MR) is 153 cm³/mol. The molecule has 3 atom stereocenters. The lowest BCUT2D eigenvalue weighted by molar-refractivity contribution is -0.161. The molecule has 5 rings (SSSR count). The van der Waals surface area contributed by atoms with E-state index in [4.69, 9.17) is 21.4 Å². The highest BCUT2D eigenvalue weighted by atomic mass is 35.5. The third-order valence-corrected chi connectivity index (χ3v) is 9.05. The quantitative estimate of drug-likeness (QED) is 0.321. The van der Waals surface area contributed by atoms with Crippen molar-refractivity contribution in [2.24, 2.45) is 11.8 Å². The van der Waals surface area contributed by atoms with E-state index in [-0.39, 0.29) is 28.7 Å². The number of ether oxygens (including phenoxy) is 1. The summed E-state index contributed by atoms with van der Waals surface area (Å²) in [6.07, 6.45) is 5.80. The summed E-state index contributed by atoms with van der Waals surface area (Å²) in [6, 6.07) is 16.3. The summed E-state index contributed by atoms with van der Waals surface area (Å²) in [7, 11) is 0. The first-order valence-electron chi connectivity index (χ1n) is 13.6. The van der Waals surface area contributed by atoms with Crippen molar-refractivity contribution in [3.63, 3.8) is 0 Å². The summed E-state index contributed by atoms with van der Waals surface area (Å²) in [5, 5.41) is 5.49. The third kappa shape index (κ3) is 6.20. The van der Waals surface area contributed by atoms with Gasteiger partial charge in [-0.25, -0.2) is 9.48 Å². The molecule has 0 amide bonds. The highest BCUT2D eigenvalue weighted by Gasteiger charge is 2.44. The van der Waals surface area contributed by atoms with Crippen LogP contribution in [0.1, 0.15) is 58.7 Å². The van der Waals surface area contributed by atoms with Crippen LogP contribution in [-0.4, -0.2) is 31.2 Å². The normalized spacial score (nSPS) is 21.6. The largest absolute Gasteiger partial charge is 0.460 e. The standard InChI is InChI=1S/C30H36ClN3O3S/c1-30(2,3)37-28(35)27-22(19-34-29(36)33-18-6-4-5-7-26(33)32-34)12-17-25(27)38-24-15-10-21(11-16-24)20-8-13-23(31)14-9-20/h8-11,13-16,22,25,27H,4-7,12,17-19H2,1-3H3/t22-,25-,27-/m0/s1. The minimum atomic E-state index is -0.567. The molecular weight excluding hydrogens is 518 g/mol. The third-order valence-electron chi connectivity index (χ3n) is 7.42. The summed E-state index contributed by atoms with van der Waals surface area (Å²) < 4.78 is 9.34. The number of nitrogens with zero attached hydrogens (tertiary/aromatic N) is 3. The zero-order chi connectivity index (χ0) is 26.9. The number of halogens is 1. The van der Waals surface area contributed by atoms with Crippen LogP contribution >= 0.6 is 23.4 Å². The van der Waals surface area contributed by atoms with Crippen LogP contribution in [0.25, 0.3) is 11.1 Å². The Bertz CT molecular complexity index is 1320. The number of fused-ring (bicyclic) bond motifs is 1. The second kappa shape index (κ2) is 11.3. The van der Waals surface area contributed by atoms with Gasteiger partial charge in [-0.1, -0.05) is 42.3 Å². The number of thioether (sulfide) groups is 1. The van der Waals surface area contributed by atoms with Gasteiger partial charge >= 0.3 is 11.7 Å². The lowest BCUT2D eigenvalue weighted by Gasteiger charge is -2.28. The second-order valence-corrected chi connectivity index (χ2v) is 13.2. The van der Waals surface area contributed by atoms with Crippen molar-refractivity contribution < 1.29 is 9.53 Å². The van der Waals surface area contributed by atoms with Crippen molar-refractivity contribution in [3.8, 4) is 11.1 Å². The van der Waals surface area contributed by atoms with E-state index in [0.717, 1.165) is 71.9 Å². The van der Waals surface area contributed by atoms with Crippen LogP contribution in [0.3, 0.4) is 0 Å². The number of aromatic nitrogens is 3. The molecule has 8 heteroatoms. The van der Waals surface area contributed by atoms with Gasteiger partial charge in [-0.05, 0) is 87.8 Å². The van der Waals surface area contributed by atoms with E-state index in [0.29, 0.717) is 6.54 Å². The van der Waals surface area contributed by atoms with Gasteiger partial charge in [-0.3, -0.25) is 9.36 Å². The van der Waals surface area contributed by atoms with Crippen LogP contribution in [0, 0.1) is 11.8 Å². The maximum absolute atomic E-state index is 13.5. The summed E-state index contributed by atoms with van der Waals surface area (Å²) in [4.78, 5) is 27.7. The topological polar surface area (TPSA) is 66.1 Å². The Hall–Kier alpha value is -2.51. The maximum atomic E-state index is 13.5. The van der Waals surface area contributed by atoms with Gasteiger partial charge in [0.05, 0.1) is 12.5 Å². The molecule has 0 unspecified atom stereocenters. The number of carbonyl (C=O) groups excluding carboxylic acids is 1. The molecule has 38 heavy (non-hydrogen) atoms. The van der Waals surface area contributed by atoms with Crippen molar-refractivity contribution in [3.05, 3.63) is 69.9 Å². The number of aryl methyl sites for hydroxylation is 1. The van der Waals surface area contributed by atoms with E-state index in [2.05, 4.69) is 24.3 Å². The minimum absolute atomic E-state index is 0.00697. The molecule has 0 bridgehead atoms. The first-order chi connectivity index (χ1) is 18.2. The van der Waals surface area contributed by atoms with Crippen LogP contribution in [-0.2, 0) is 29.0 Å². The van der Waals surface area contributed by atoms with E-state index >= 15 is 0 Å². The second-order valence-electron chi connectivity index (χ2n) is 11.4. The molecule has 2 heterocycles. The molecule has 2 aliphatic rings. The Morgan fingerprint density at radius 1 is 1.03 bits per heavy atom. The lowest BCUT2D eigenvalue weighted by Crippen LogP contribution is -2.37. The van der Waals surface area contributed by atoms with Crippen LogP contribution in [0.15, 0.2) is 58.2 Å². The zero-order valence-electron chi connectivity index (χ0n) is 22.4. The fourth-order valence-corrected chi connectivity index (χ4v) is 7.10. The average molecular weight is 554 g/mol. The van der Waals surface area contributed by atoms with Crippen molar-refractivity contribution in [1.29, 1.82) is 0 Å². The van der Waals surface area contributed by atoms with E-state index in [9.17, 15) is 9.59 Å². The van der Waals surface area contributed by atoms with Crippen LogP contribution in [0.4, 0.5) is 0 Å². The number of rotatable bonds is 6. The number of benzene rings is 2. The van der Waals surface area contributed by atoms with E-state index in [1.807, 2.05) is 49.6 Å². The summed E-state index contributed by atoms with van der Waals surface area (Å²) in [5.41, 5.74) is 1.63. The maximum Gasteiger partial charge on any atom is 0.345 e. The predicted octanol–water partition coefficient (Wildman–Crippen LogP) is 6.62. The van der Waals surface area contributed by atoms with E-state index in [1.165, 1.54) is 0 Å². The molecule has 0 N–H and O–H groups in total. The SMILES string of the molecule is CC(C)(C)OC(=O)[C@H]1[C@H](Cn2nc3n(c2=O)CCCCC3)CC[C@@H]1Sc1ccc(-c2ccc(Cl)cc2)cc1. The first-order valence-corrected chi connectivity index (χ1v) is 14.9. The molecule has 1 aliphatic carbocycles. The van der Waals surface area contributed by atoms with Crippen LogP contribution in [0.2, 0.25) is 5.02 Å². The van der Waals surface area contributed by atoms with Gasteiger partial charge in [0.15, 0.2) is 0 Å². The fraction of sp³-hybridized carbons (Fsp3) is 0.500. The van der Waals surface area contributed by atoms with Crippen molar-refractivity contribution in [2.75, 3.05) is 0 Å². The van der Waals surface area contributed by atoms with Gasteiger partial charge in [0.25, 0.3) is 0 Å². The smallest absolute Gasteiger partial charge is 0.345 e. The Kier molecular flexibility index (Phi) is 8.06. The molecule has 2 aromatic carbocycles. The highest BCUT2D eigenvalue weighted by Crippen LogP contribution is 2.44. The number of hydrogen-bond donors (Lipinski definition) is 0. The van der Waals surface area contributed by atoms with Crippen LogP contribution < -0.4 is 5.69 Å². The summed E-state index contributed by atoms with van der Waals surface area (Å²) in [6.45, 7) is 6.91. The molecule has 1 aromatic heterocycles. The molecule has 1 aliphatic heterocycles. The molecule has 1 saturated carbocycles. The molecule has 6 nitrogen and oxygen atoms in total. The molecule has 202 valence electrons. The first kappa shape index (κ1) is 27.1. The molecule has 0 saturated heterocycles. The van der Waals surface area contributed by atoms with Gasteiger partial charge in [0.1, 0.15) is 11.4 Å². The monoisotopic (exact) mass is 553 g/mol. The number of hydrogen-bond acceptors (Lipinski definition) is 5. The average Bonchev–Trinajstić information content (AvgIpc) is 3.29. The number of carbonyl (C=O) groups is 1. The lowest BCUT2D eigenvalue weighted by atomic mass is 9.95. The molecular formula is C30H36ClN3O3S. The molecule has 3 aromatic rings. The summed E-state index contributed by atoms with van der Waals surface area (Å²) in [5.74, 6) is 0.409.